The molecule has 0 saturated carbocycles. The molecule has 0 heterocycles. The van der Waals surface area contributed by atoms with Crippen molar-refractivity contribution >= 4 is 23.3 Å². The van der Waals surface area contributed by atoms with E-state index in [4.69, 9.17) is 4.74 Å². The van der Waals surface area contributed by atoms with E-state index in [1.54, 1.807) is 6.92 Å². The molecular formula is C14H22N3O2+. The van der Waals surface area contributed by atoms with Crippen molar-refractivity contribution in [1.29, 1.82) is 0 Å². The van der Waals surface area contributed by atoms with E-state index in [0.717, 1.165) is 17.9 Å². The van der Waals surface area contributed by atoms with Crippen LogP contribution in [0, 0.1) is 0 Å². The van der Waals surface area contributed by atoms with Gasteiger partial charge >= 0.3 is 6.09 Å². The van der Waals surface area contributed by atoms with Crippen LogP contribution in [-0.4, -0.2) is 37.2 Å². The minimum atomic E-state index is -0.433. The zero-order valence-corrected chi connectivity index (χ0v) is 12.0. The quantitative estimate of drug-likeness (QED) is 0.499. The van der Waals surface area contributed by atoms with Crippen molar-refractivity contribution in [1.82, 2.24) is 0 Å². The second kappa shape index (κ2) is 7.41. The highest BCUT2D eigenvalue weighted by molar-refractivity contribution is 5.92. The summed E-state index contributed by atoms with van der Waals surface area (Å²) < 4.78 is 6.86. The number of amides is 1. The lowest BCUT2D eigenvalue weighted by Crippen LogP contribution is -2.21. The number of ether oxygens (including phenoxy) is 1. The largest absolute Gasteiger partial charge is 0.450 e. The highest BCUT2D eigenvalue weighted by Gasteiger charge is 2.07. The van der Waals surface area contributed by atoms with Crippen LogP contribution in [0.25, 0.3) is 0 Å². The molecule has 0 atom stereocenters. The predicted molar refractivity (Wildman–Crippen MR) is 78.1 cm³/mol. The Morgan fingerprint density at radius 1 is 1.11 bits per heavy atom. The average molecular weight is 264 g/mol. The lowest BCUT2D eigenvalue weighted by Gasteiger charge is -2.07. The molecule has 0 aliphatic carbocycles. The first-order valence-corrected chi connectivity index (χ1v) is 6.40. The number of hydrogen-bond acceptors (Lipinski definition) is 2. The van der Waals surface area contributed by atoms with E-state index in [2.05, 4.69) is 17.6 Å². The van der Waals surface area contributed by atoms with Crippen molar-refractivity contribution in [3.63, 3.8) is 0 Å². The smallest absolute Gasteiger partial charge is 0.411 e. The van der Waals surface area contributed by atoms with Crippen molar-refractivity contribution in [3.8, 4) is 0 Å². The number of nitrogens with one attached hydrogen (secondary N) is 2. The van der Waals surface area contributed by atoms with Gasteiger partial charge in [0.25, 0.3) is 0 Å². The van der Waals surface area contributed by atoms with Gasteiger partial charge in [0.2, 0.25) is 5.84 Å². The molecule has 0 aliphatic heterocycles. The van der Waals surface area contributed by atoms with Gasteiger partial charge in [-0.2, -0.15) is 0 Å². The molecule has 104 valence electrons. The van der Waals surface area contributed by atoms with Gasteiger partial charge in [-0.3, -0.25) is 9.89 Å². The molecule has 2 N–H and O–H groups in total. The first-order valence-electron chi connectivity index (χ1n) is 6.40. The maximum atomic E-state index is 11.3. The van der Waals surface area contributed by atoms with Crippen LogP contribution in [0.2, 0.25) is 0 Å². The molecule has 5 heteroatoms. The topological polar surface area (TPSA) is 53.4 Å². The Bertz CT molecular complexity index is 448. The van der Waals surface area contributed by atoms with Gasteiger partial charge < -0.3 is 4.74 Å². The number of amidine groups is 1. The molecule has 0 saturated heterocycles. The first kappa shape index (κ1) is 15.0. The van der Waals surface area contributed by atoms with Crippen LogP contribution >= 0.6 is 0 Å². The van der Waals surface area contributed by atoms with Crippen molar-refractivity contribution < 1.29 is 14.1 Å². The SMILES string of the molecule is CCOC(=O)Nc1ccc(NC(CC)=[N+](C)C)cc1. The number of anilines is 2. The lowest BCUT2D eigenvalue weighted by atomic mass is 10.2. The Hall–Kier alpha value is -2.04. The van der Waals surface area contributed by atoms with Crippen LogP contribution in [0.1, 0.15) is 20.3 Å². The molecule has 0 bridgehead atoms. The summed E-state index contributed by atoms with van der Waals surface area (Å²) in [7, 11) is 4.00. The maximum absolute atomic E-state index is 11.3. The molecule has 0 fully saturated rings. The zero-order chi connectivity index (χ0) is 14.3. The fraction of sp³-hybridized carbons (Fsp3) is 0.429. The molecule has 5 nitrogen and oxygen atoms in total. The summed E-state index contributed by atoms with van der Waals surface area (Å²) in [5, 5.41) is 5.99. The first-order chi connectivity index (χ1) is 9.06. The van der Waals surface area contributed by atoms with Gasteiger partial charge in [-0.25, -0.2) is 10.1 Å². The fourth-order valence-electron chi connectivity index (χ4n) is 1.60. The summed E-state index contributed by atoms with van der Waals surface area (Å²) in [5.74, 6) is 1.13. The summed E-state index contributed by atoms with van der Waals surface area (Å²) in [6, 6.07) is 7.51. The van der Waals surface area contributed by atoms with E-state index in [9.17, 15) is 4.79 Å². The molecular weight excluding hydrogens is 242 g/mol. The number of nitrogens with zero attached hydrogens (tertiary/aromatic N) is 1. The molecule has 0 unspecified atom stereocenters. The third kappa shape index (κ3) is 4.99. The Kier molecular flexibility index (Phi) is 5.85. The molecule has 0 aromatic heterocycles. The Labute approximate surface area is 114 Å². The number of benzene rings is 1. The van der Waals surface area contributed by atoms with Crippen LogP contribution in [0.5, 0.6) is 0 Å². The fourth-order valence-corrected chi connectivity index (χ4v) is 1.60. The van der Waals surface area contributed by atoms with Crippen LogP contribution < -0.4 is 10.6 Å². The van der Waals surface area contributed by atoms with Crippen molar-refractivity contribution in [2.45, 2.75) is 20.3 Å². The predicted octanol–water partition coefficient (Wildman–Crippen LogP) is 2.75. The van der Waals surface area contributed by atoms with E-state index < -0.39 is 6.09 Å². The third-order valence-electron chi connectivity index (χ3n) is 2.57. The van der Waals surface area contributed by atoms with Gasteiger partial charge in [0.1, 0.15) is 5.69 Å². The van der Waals surface area contributed by atoms with Crippen molar-refractivity contribution in [3.05, 3.63) is 24.3 Å². The molecule has 0 spiro atoms. The standard InChI is InChI=1S/C14H21N3O2/c1-5-13(17(3)4)15-11-7-9-12(10-8-11)16-14(18)19-6-2/h7-10H,5-6H2,1-4H3,(H,16,18)/p+1. The number of hydrogen-bond donors (Lipinski definition) is 2. The number of rotatable bonds is 4. The van der Waals surface area contributed by atoms with E-state index in [1.165, 1.54) is 0 Å². The molecule has 0 aliphatic rings. The number of carbonyl (C=O) groups excluding carboxylic acids is 1. The summed E-state index contributed by atoms with van der Waals surface area (Å²) in [5.41, 5.74) is 1.70. The minimum absolute atomic E-state index is 0.364. The van der Waals surface area contributed by atoms with E-state index in [-0.39, 0.29) is 0 Å². The van der Waals surface area contributed by atoms with Crippen LogP contribution in [0.3, 0.4) is 0 Å². The van der Waals surface area contributed by atoms with Gasteiger partial charge in [-0.05, 0) is 31.2 Å². The third-order valence-corrected chi connectivity index (χ3v) is 2.57. The second-order valence-corrected chi connectivity index (χ2v) is 4.24. The average Bonchev–Trinajstić information content (AvgIpc) is 2.37. The van der Waals surface area contributed by atoms with Crippen molar-refractivity contribution in [2.24, 2.45) is 0 Å². The Balaban J connectivity index is 2.66. The van der Waals surface area contributed by atoms with Crippen LogP contribution in [-0.2, 0) is 4.74 Å². The van der Waals surface area contributed by atoms with Gasteiger partial charge in [0.05, 0.1) is 20.7 Å². The van der Waals surface area contributed by atoms with Gasteiger partial charge in [0.15, 0.2) is 0 Å². The van der Waals surface area contributed by atoms with E-state index in [1.807, 2.05) is 42.9 Å². The van der Waals surface area contributed by atoms with Crippen LogP contribution in [0.15, 0.2) is 24.3 Å². The normalized spacial score (nSPS) is 9.68. The summed E-state index contributed by atoms with van der Waals surface area (Å²) in [4.78, 5) is 11.3. The summed E-state index contributed by atoms with van der Waals surface area (Å²) in [6.45, 7) is 4.23. The van der Waals surface area contributed by atoms with Gasteiger partial charge in [-0.15, -0.1) is 0 Å². The molecule has 1 rings (SSSR count). The van der Waals surface area contributed by atoms with Crippen molar-refractivity contribution in [2.75, 3.05) is 31.3 Å². The Morgan fingerprint density at radius 2 is 1.63 bits per heavy atom. The van der Waals surface area contributed by atoms with Gasteiger partial charge in [-0.1, -0.05) is 6.92 Å². The molecule has 0 radical (unpaired) electrons. The summed E-state index contributed by atoms with van der Waals surface area (Å²) >= 11 is 0. The number of carbonyl (C=O) groups is 1. The lowest BCUT2D eigenvalue weighted by molar-refractivity contribution is -0.465. The highest BCUT2D eigenvalue weighted by Crippen LogP contribution is 2.14. The van der Waals surface area contributed by atoms with E-state index in [0.29, 0.717) is 12.3 Å². The minimum Gasteiger partial charge on any atom is -0.450 e. The van der Waals surface area contributed by atoms with Crippen LogP contribution in [0.4, 0.5) is 16.2 Å². The van der Waals surface area contributed by atoms with Gasteiger partial charge in [0, 0.05) is 12.1 Å². The molecule has 1 amide bonds. The molecule has 1 aromatic carbocycles. The second-order valence-electron chi connectivity index (χ2n) is 4.24. The molecule has 1 aromatic rings. The zero-order valence-electron chi connectivity index (χ0n) is 12.0. The van der Waals surface area contributed by atoms with E-state index >= 15 is 0 Å². The highest BCUT2D eigenvalue weighted by atomic mass is 16.5. The molecule has 19 heavy (non-hydrogen) atoms. The summed E-state index contributed by atoms with van der Waals surface area (Å²) in [6.07, 6.45) is 0.493. The Morgan fingerprint density at radius 3 is 2.05 bits per heavy atom. The maximum Gasteiger partial charge on any atom is 0.411 e. The monoisotopic (exact) mass is 264 g/mol.